The molecule has 1 fully saturated rings. The maximum atomic E-state index is 12.0. The van der Waals surface area contributed by atoms with E-state index in [9.17, 15) is 13.2 Å². The zero-order chi connectivity index (χ0) is 16.5. The molecule has 2 heterocycles. The minimum absolute atomic E-state index is 0.0268. The summed E-state index contributed by atoms with van der Waals surface area (Å²) in [5.74, 6) is 0.197. The fourth-order valence-corrected chi connectivity index (χ4v) is 4.20. The van der Waals surface area contributed by atoms with Crippen LogP contribution < -0.4 is 10.2 Å². The predicted molar refractivity (Wildman–Crippen MR) is 86.9 cm³/mol. The zero-order valence-corrected chi connectivity index (χ0v) is 14.3. The van der Waals surface area contributed by atoms with Crippen LogP contribution in [0, 0.1) is 0 Å². The molecule has 1 aromatic heterocycles. The molecular weight excluding hydrogens is 302 g/mol. The highest BCUT2D eigenvalue weighted by Crippen LogP contribution is 2.22. The van der Waals surface area contributed by atoms with Gasteiger partial charge in [0, 0.05) is 18.6 Å². The molecule has 2 rings (SSSR count). The summed E-state index contributed by atoms with van der Waals surface area (Å²) in [7, 11) is -1.06. The summed E-state index contributed by atoms with van der Waals surface area (Å²) < 4.78 is 23.1. The zero-order valence-electron chi connectivity index (χ0n) is 13.5. The average Bonchev–Trinajstić information content (AvgIpc) is 2.76. The van der Waals surface area contributed by atoms with Gasteiger partial charge in [0.1, 0.15) is 5.69 Å². The SMILES string of the molecule is CN(c1ccc(C(=O)NC(C)(C)C)nc1)C1CCS(=O)(=O)C1. The number of nitrogens with one attached hydrogen (secondary N) is 1. The van der Waals surface area contributed by atoms with Crippen molar-refractivity contribution >= 4 is 21.4 Å². The highest BCUT2D eigenvalue weighted by molar-refractivity contribution is 7.91. The molecule has 1 aromatic rings. The molecule has 1 amide bonds. The van der Waals surface area contributed by atoms with Gasteiger partial charge in [-0.1, -0.05) is 0 Å². The van der Waals surface area contributed by atoms with Gasteiger partial charge in [-0.25, -0.2) is 13.4 Å². The summed E-state index contributed by atoms with van der Waals surface area (Å²) in [6.07, 6.45) is 2.24. The molecule has 0 aliphatic carbocycles. The van der Waals surface area contributed by atoms with E-state index in [-0.39, 0.29) is 29.0 Å². The molecule has 0 radical (unpaired) electrons. The van der Waals surface area contributed by atoms with Crippen LogP contribution in [0.3, 0.4) is 0 Å². The van der Waals surface area contributed by atoms with Crippen molar-refractivity contribution in [3.05, 3.63) is 24.0 Å². The molecule has 7 heteroatoms. The molecule has 122 valence electrons. The Balaban J connectivity index is 2.07. The second-order valence-corrected chi connectivity index (χ2v) is 9.00. The third-order valence-corrected chi connectivity index (χ3v) is 5.38. The minimum atomic E-state index is -2.92. The maximum Gasteiger partial charge on any atom is 0.270 e. The van der Waals surface area contributed by atoms with Gasteiger partial charge < -0.3 is 10.2 Å². The van der Waals surface area contributed by atoms with Crippen molar-refractivity contribution in [3.8, 4) is 0 Å². The molecule has 1 aliphatic rings. The van der Waals surface area contributed by atoms with Gasteiger partial charge >= 0.3 is 0 Å². The highest BCUT2D eigenvalue weighted by atomic mass is 32.2. The van der Waals surface area contributed by atoms with Gasteiger partial charge in [-0.15, -0.1) is 0 Å². The fraction of sp³-hybridized carbons (Fsp3) is 0.600. The second-order valence-electron chi connectivity index (χ2n) is 6.77. The van der Waals surface area contributed by atoms with E-state index in [0.29, 0.717) is 12.1 Å². The van der Waals surface area contributed by atoms with Crippen LogP contribution in [0.4, 0.5) is 5.69 Å². The summed E-state index contributed by atoms with van der Waals surface area (Å²) >= 11 is 0. The monoisotopic (exact) mass is 325 g/mol. The van der Waals surface area contributed by atoms with E-state index in [4.69, 9.17) is 0 Å². The summed E-state index contributed by atoms with van der Waals surface area (Å²) in [5.41, 5.74) is 0.854. The Bertz CT molecular complexity index is 648. The van der Waals surface area contributed by atoms with Crippen LogP contribution in [0.5, 0.6) is 0 Å². The number of rotatable bonds is 3. The first-order valence-corrected chi connectivity index (χ1v) is 9.11. The van der Waals surface area contributed by atoms with Crippen LogP contribution in [-0.2, 0) is 9.84 Å². The molecular formula is C15H23N3O3S. The van der Waals surface area contributed by atoms with Crippen molar-refractivity contribution in [2.75, 3.05) is 23.5 Å². The number of hydrogen-bond donors (Lipinski definition) is 1. The maximum absolute atomic E-state index is 12.0. The summed E-state index contributed by atoms with van der Waals surface area (Å²) in [6, 6.07) is 3.44. The Kier molecular flexibility index (Phi) is 4.47. The molecule has 6 nitrogen and oxygen atoms in total. The first kappa shape index (κ1) is 16.7. The number of aromatic nitrogens is 1. The molecule has 0 spiro atoms. The highest BCUT2D eigenvalue weighted by Gasteiger charge is 2.31. The van der Waals surface area contributed by atoms with Crippen molar-refractivity contribution in [1.29, 1.82) is 0 Å². The van der Waals surface area contributed by atoms with Crippen LogP contribution >= 0.6 is 0 Å². The lowest BCUT2D eigenvalue weighted by Gasteiger charge is -2.25. The quantitative estimate of drug-likeness (QED) is 0.904. The molecule has 0 bridgehead atoms. The number of anilines is 1. The standard InChI is InChI=1S/C15H23N3O3S/c1-15(2,3)17-14(19)13-6-5-11(9-16-13)18(4)12-7-8-22(20,21)10-12/h5-6,9,12H,7-8,10H2,1-4H3,(H,17,19). The van der Waals surface area contributed by atoms with Crippen LogP contribution in [0.2, 0.25) is 0 Å². The number of sulfone groups is 1. The third-order valence-electron chi connectivity index (χ3n) is 3.63. The Morgan fingerprint density at radius 1 is 1.36 bits per heavy atom. The Labute approximate surface area is 131 Å². The second kappa shape index (κ2) is 5.87. The van der Waals surface area contributed by atoms with Crippen LogP contribution in [0.1, 0.15) is 37.7 Å². The first-order valence-electron chi connectivity index (χ1n) is 7.29. The molecule has 1 atom stereocenters. The molecule has 1 saturated heterocycles. The van der Waals surface area contributed by atoms with Crippen molar-refractivity contribution in [3.63, 3.8) is 0 Å². The smallest absolute Gasteiger partial charge is 0.270 e. The van der Waals surface area contributed by atoms with E-state index in [0.717, 1.165) is 5.69 Å². The minimum Gasteiger partial charge on any atom is -0.369 e. The number of hydrogen-bond acceptors (Lipinski definition) is 5. The summed E-state index contributed by atoms with van der Waals surface area (Å²) in [5, 5.41) is 2.86. The molecule has 1 N–H and O–H groups in total. The fourth-order valence-electron chi connectivity index (χ4n) is 2.43. The number of amides is 1. The van der Waals surface area contributed by atoms with Gasteiger partial charge in [0.2, 0.25) is 0 Å². The van der Waals surface area contributed by atoms with Gasteiger partial charge in [-0.3, -0.25) is 4.79 Å². The Morgan fingerprint density at radius 3 is 2.50 bits per heavy atom. The Hall–Kier alpha value is -1.63. The van der Waals surface area contributed by atoms with E-state index in [1.807, 2.05) is 32.7 Å². The number of carbonyl (C=O) groups excluding carboxylic acids is 1. The van der Waals surface area contributed by atoms with Crippen LogP contribution in [0.25, 0.3) is 0 Å². The van der Waals surface area contributed by atoms with E-state index in [2.05, 4.69) is 10.3 Å². The number of carbonyl (C=O) groups is 1. The van der Waals surface area contributed by atoms with E-state index in [1.165, 1.54) is 0 Å². The molecule has 22 heavy (non-hydrogen) atoms. The van der Waals surface area contributed by atoms with Crippen molar-refractivity contribution in [2.45, 2.75) is 38.8 Å². The van der Waals surface area contributed by atoms with Crippen molar-refractivity contribution < 1.29 is 13.2 Å². The predicted octanol–water partition coefficient (Wildman–Crippen LogP) is 1.23. The molecule has 0 aromatic carbocycles. The van der Waals surface area contributed by atoms with E-state index < -0.39 is 9.84 Å². The van der Waals surface area contributed by atoms with Gasteiger partial charge in [0.05, 0.1) is 23.4 Å². The lowest BCUT2D eigenvalue weighted by atomic mass is 10.1. The van der Waals surface area contributed by atoms with Gasteiger partial charge in [0.15, 0.2) is 9.84 Å². The van der Waals surface area contributed by atoms with E-state index in [1.54, 1.807) is 18.3 Å². The Morgan fingerprint density at radius 2 is 2.05 bits per heavy atom. The summed E-state index contributed by atoms with van der Waals surface area (Å²) in [6.45, 7) is 5.73. The normalized spacial score (nSPS) is 20.6. The van der Waals surface area contributed by atoms with Crippen molar-refractivity contribution in [2.24, 2.45) is 0 Å². The van der Waals surface area contributed by atoms with Gasteiger partial charge in [-0.2, -0.15) is 0 Å². The van der Waals surface area contributed by atoms with Gasteiger partial charge in [0.25, 0.3) is 5.91 Å². The molecule has 1 aliphatic heterocycles. The largest absolute Gasteiger partial charge is 0.369 e. The first-order chi connectivity index (χ1) is 10.1. The van der Waals surface area contributed by atoms with Crippen molar-refractivity contribution in [1.82, 2.24) is 10.3 Å². The van der Waals surface area contributed by atoms with Crippen LogP contribution in [0.15, 0.2) is 18.3 Å². The lowest BCUT2D eigenvalue weighted by Crippen LogP contribution is -2.41. The van der Waals surface area contributed by atoms with E-state index >= 15 is 0 Å². The van der Waals surface area contributed by atoms with Crippen LogP contribution in [-0.4, -0.2) is 49.4 Å². The number of nitrogens with zero attached hydrogens (tertiary/aromatic N) is 2. The number of pyridine rings is 1. The topological polar surface area (TPSA) is 79.4 Å². The third kappa shape index (κ3) is 4.19. The molecule has 1 unspecified atom stereocenters. The lowest BCUT2D eigenvalue weighted by molar-refractivity contribution is 0.0914. The average molecular weight is 325 g/mol. The summed E-state index contributed by atoms with van der Waals surface area (Å²) in [4.78, 5) is 18.1. The molecule has 0 saturated carbocycles. The van der Waals surface area contributed by atoms with Gasteiger partial charge in [-0.05, 0) is 39.3 Å².